The van der Waals surface area contributed by atoms with Crippen LogP contribution in [0.25, 0.3) is 0 Å². The summed E-state index contributed by atoms with van der Waals surface area (Å²) in [6.45, 7) is 0.182. The van der Waals surface area contributed by atoms with Gasteiger partial charge in [0.2, 0.25) is 0 Å². The van der Waals surface area contributed by atoms with E-state index in [1.54, 1.807) is 11.0 Å². The summed E-state index contributed by atoms with van der Waals surface area (Å²) in [5, 5.41) is 21.2. The number of carbonyl (C=O) groups is 1. The Hall–Kier alpha value is -2.89. The fraction of sp³-hybridized carbons (Fsp3) is 0.350. The molecule has 12 heteroatoms. The monoisotopic (exact) mass is 472 g/mol. The average Bonchev–Trinajstić information content (AvgIpc) is 2.77. The summed E-state index contributed by atoms with van der Waals surface area (Å²) in [6, 6.07) is 3.13. The van der Waals surface area contributed by atoms with Crippen LogP contribution in [0.2, 0.25) is 5.15 Å². The van der Waals surface area contributed by atoms with Crippen LogP contribution in [0.3, 0.4) is 0 Å². The second-order valence-electron chi connectivity index (χ2n) is 6.90. The number of benzene rings is 1. The molecule has 32 heavy (non-hydrogen) atoms. The second kappa shape index (κ2) is 9.72. The number of aromatic nitrogens is 2. The highest BCUT2D eigenvalue weighted by atomic mass is 35.5. The van der Waals surface area contributed by atoms with Crippen molar-refractivity contribution in [3.05, 3.63) is 52.5 Å². The highest BCUT2D eigenvalue weighted by Crippen LogP contribution is 2.37. The molecular formula is C20H20ClF3N4O4. The number of nitrogens with one attached hydrogen (secondary N) is 1. The molecule has 0 unspecified atom stereocenters. The van der Waals surface area contributed by atoms with Gasteiger partial charge in [-0.3, -0.25) is 4.79 Å². The molecule has 2 aromatic rings. The van der Waals surface area contributed by atoms with Crippen LogP contribution in [0.15, 0.2) is 36.0 Å². The normalized spacial score (nSPS) is 15.2. The van der Waals surface area contributed by atoms with Gasteiger partial charge in [0.1, 0.15) is 11.9 Å². The van der Waals surface area contributed by atoms with Gasteiger partial charge in [0.25, 0.3) is 5.91 Å². The Bertz CT molecular complexity index is 1030. The molecule has 3 N–H and O–H groups in total. The van der Waals surface area contributed by atoms with E-state index in [4.69, 9.17) is 21.4 Å². The van der Waals surface area contributed by atoms with Gasteiger partial charge in [-0.25, -0.2) is 9.97 Å². The van der Waals surface area contributed by atoms with Crippen LogP contribution in [0, 0.1) is 0 Å². The molecule has 1 atom stereocenters. The van der Waals surface area contributed by atoms with E-state index >= 15 is 0 Å². The summed E-state index contributed by atoms with van der Waals surface area (Å²) >= 11 is 6.14. The van der Waals surface area contributed by atoms with Gasteiger partial charge in [-0.2, -0.15) is 13.2 Å². The Morgan fingerprint density at radius 1 is 1.41 bits per heavy atom. The number of alkyl halides is 3. The number of aliphatic hydroxyl groups is 2. The van der Waals surface area contributed by atoms with Crippen molar-refractivity contribution in [2.45, 2.75) is 18.7 Å². The number of rotatable bonds is 6. The Morgan fingerprint density at radius 2 is 2.16 bits per heavy atom. The first kappa shape index (κ1) is 23.8. The first-order valence-electron chi connectivity index (χ1n) is 9.46. The zero-order chi connectivity index (χ0) is 23.5. The summed E-state index contributed by atoms with van der Waals surface area (Å²) in [6.07, 6.45) is -2.44. The molecule has 8 nitrogen and oxygen atoms in total. The summed E-state index contributed by atoms with van der Waals surface area (Å²) < 4.78 is 43.7. The van der Waals surface area contributed by atoms with Crippen LogP contribution in [-0.2, 0) is 11.0 Å². The lowest BCUT2D eigenvalue weighted by atomic mass is 10.1. The van der Waals surface area contributed by atoms with Crippen LogP contribution in [-0.4, -0.2) is 52.9 Å². The molecule has 0 bridgehead atoms. The lowest BCUT2D eigenvalue weighted by molar-refractivity contribution is -0.138. The fourth-order valence-corrected chi connectivity index (χ4v) is 3.39. The number of carbonyl (C=O) groups excluding carboxylic acids is 1. The smallest absolute Gasteiger partial charge is 0.419 e. The van der Waals surface area contributed by atoms with Gasteiger partial charge in [-0.05, 0) is 18.6 Å². The molecule has 1 amide bonds. The van der Waals surface area contributed by atoms with Crippen LogP contribution in [0.5, 0.6) is 5.75 Å². The first-order valence-corrected chi connectivity index (χ1v) is 9.83. The molecule has 1 aromatic heterocycles. The molecule has 2 heterocycles. The minimum Gasteiger partial charge on any atom is -0.496 e. The predicted octanol–water partition coefficient (Wildman–Crippen LogP) is 2.96. The van der Waals surface area contributed by atoms with Gasteiger partial charge in [-0.15, -0.1) is 0 Å². The number of hydrogen-bond acceptors (Lipinski definition) is 7. The number of ether oxygens (including phenoxy) is 1. The lowest BCUT2D eigenvalue weighted by Crippen LogP contribution is -2.32. The van der Waals surface area contributed by atoms with Gasteiger partial charge in [0.15, 0.2) is 11.0 Å². The fourth-order valence-electron chi connectivity index (χ4n) is 3.12. The van der Waals surface area contributed by atoms with Gasteiger partial charge in [0, 0.05) is 30.4 Å². The Labute approximate surface area is 186 Å². The summed E-state index contributed by atoms with van der Waals surface area (Å²) in [5.41, 5.74) is -0.159. The van der Waals surface area contributed by atoms with Crippen molar-refractivity contribution in [2.24, 2.45) is 0 Å². The Morgan fingerprint density at radius 3 is 2.72 bits per heavy atom. The SMILES string of the molecule is COc1cc(NC(=O)C2=CCN(c3ncc([C@H](O)CO)nc3Cl)CC2)ccc1C(F)(F)F. The molecule has 1 aliphatic heterocycles. The maximum atomic E-state index is 13.0. The van der Waals surface area contributed by atoms with E-state index in [-0.39, 0.29) is 22.3 Å². The molecule has 0 radical (unpaired) electrons. The van der Waals surface area contributed by atoms with E-state index in [0.29, 0.717) is 30.9 Å². The number of anilines is 2. The third kappa shape index (κ3) is 5.29. The van der Waals surface area contributed by atoms with Crippen molar-refractivity contribution >= 4 is 29.0 Å². The quantitative estimate of drug-likeness (QED) is 0.593. The highest BCUT2D eigenvalue weighted by molar-refractivity contribution is 6.31. The van der Waals surface area contributed by atoms with Crippen molar-refractivity contribution in [1.82, 2.24) is 9.97 Å². The molecule has 0 saturated heterocycles. The van der Waals surface area contributed by atoms with E-state index in [9.17, 15) is 23.1 Å². The van der Waals surface area contributed by atoms with Crippen LogP contribution in [0.4, 0.5) is 24.7 Å². The number of methoxy groups -OCH3 is 1. The van der Waals surface area contributed by atoms with Crippen LogP contribution in [0.1, 0.15) is 23.8 Å². The number of hydrogen-bond donors (Lipinski definition) is 3. The zero-order valence-corrected chi connectivity index (χ0v) is 17.6. The number of amides is 1. The van der Waals surface area contributed by atoms with Gasteiger partial charge in [-0.1, -0.05) is 17.7 Å². The second-order valence-corrected chi connectivity index (χ2v) is 7.26. The van der Waals surface area contributed by atoms with E-state index in [2.05, 4.69) is 15.3 Å². The standard InChI is InChI=1S/C20H20ClF3N4O4/c1-32-16-8-12(2-3-13(16)20(22,23)24)26-19(31)11-4-6-28(7-5-11)18-17(21)27-14(9-25-18)15(30)10-29/h2-4,8-9,15,29-30H,5-7,10H2,1H3,(H,26,31)/t15-/m1/s1. The summed E-state index contributed by atoms with van der Waals surface area (Å²) in [5.74, 6) is -0.462. The van der Waals surface area contributed by atoms with Crippen molar-refractivity contribution in [3.8, 4) is 5.75 Å². The largest absolute Gasteiger partial charge is 0.496 e. The minimum atomic E-state index is -4.57. The summed E-state index contributed by atoms with van der Waals surface area (Å²) in [4.78, 5) is 22.5. The molecule has 172 valence electrons. The topological polar surface area (TPSA) is 108 Å². The summed E-state index contributed by atoms with van der Waals surface area (Å²) in [7, 11) is 1.12. The van der Waals surface area contributed by atoms with E-state index < -0.39 is 30.4 Å². The molecular weight excluding hydrogens is 453 g/mol. The maximum absolute atomic E-state index is 13.0. The van der Waals surface area contributed by atoms with Crippen LogP contribution >= 0.6 is 11.6 Å². The van der Waals surface area contributed by atoms with E-state index in [0.717, 1.165) is 25.3 Å². The molecule has 0 aliphatic carbocycles. The predicted molar refractivity (Wildman–Crippen MR) is 111 cm³/mol. The first-order chi connectivity index (χ1) is 15.1. The number of nitrogens with zero attached hydrogens (tertiary/aromatic N) is 3. The maximum Gasteiger partial charge on any atom is 0.419 e. The molecule has 1 aromatic carbocycles. The minimum absolute atomic E-state index is 0.0492. The molecule has 0 saturated carbocycles. The van der Waals surface area contributed by atoms with Crippen LogP contribution < -0.4 is 15.0 Å². The van der Waals surface area contributed by atoms with Crippen molar-refractivity contribution in [1.29, 1.82) is 0 Å². The Balaban J connectivity index is 1.68. The average molecular weight is 473 g/mol. The van der Waals surface area contributed by atoms with E-state index in [1.807, 2.05) is 0 Å². The van der Waals surface area contributed by atoms with Gasteiger partial charge < -0.3 is 25.2 Å². The Kier molecular flexibility index (Phi) is 7.22. The van der Waals surface area contributed by atoms with Crippen molar-refractivity contribution < 1.29 is 32.9 Å². The van der Waals surface area contributed by atoms with Gasteiger partial charge in [0.05, 0.1) is 31.2 Å². The number of aliphatic hydroxyl groups excluding tert-OH is 2. The van der Waals surface area contributed by atoms with Gasteiger partial charge >= 0.3 is 6.18 Å². The molecule has 0 fully saturated rings. The van der Waals surface area contributed by atoms with Crippen molar-refractivity contribution in [3.63, 3.8) is 0 Å². The van der Waals surface area contributed by atoms with E-state index in [1.165, 1.54) is 6.20 Å². The third-order valence-corrected chi connectivity index (χ3v) is 5.06. The number of halogens is 4. The molecule has 0 spiro atoms. The lowest BCUT2D eigenvalue weighted by Gasteiger charge is -2.27. The third-order valence-electron chi connectivity index (χ3n) is 4.81. The molecule has 1 aliphatic rings. The molecule has 3 rings (SSSR count). The van der Waals surface area contributed by atoms with Crippen molar-refractivity contribution in [2.75, 3.05) is 37.0 Å². The zero-order valence-electron chi connectivity index (χ0n) is 16.9. The highest BCUT2D eigenvalue weighted by Gasteiger charge is 2.34.